The fourth-order valence-corrected chi connectivity index (χ4v) is 2.66. The molecule has 1 amide bonds. The molecule has 1 saturated heterocycles. The average Bonchev–Trinajstić information content (AvgIpc) is 3.11. The van der Waals surface area contributed by atoms with Crippen LogP contribution in [0.15, 0.2) is 18.9 Å². The van der Waals surface area contributed by atoms with Crippen LogP contribution in [0.1, 0.15) is 28.6 Å². The lowest BCUT2D eigenvalue weighted by Gasteiger charge is -2.32. The van der Waals surface area contributed by atoms with Crippen LogP contribution in [0.3, 0.4) is 0 Å². The van der Waals surface area contributed by atoms with Crippen molar-refractivity contribution < 1.29 is 4.79 Å². The van der Waals surface area contributed by atoms with Gasteiger partial charge in [-0.2, -0.15) is 5.10 Å². The molecule has 18 heavy (non-hydrogen) atoms. The van der Waals surface area contributed by atoms with Gasteiger partial charge in [-0.05, 0) is 24.4 Å². The van der Waals surface area contributed by atoms with E-state index in [0.717, 1.165) is 30.9 Å². The molecule has 1 fully saturated rings. The van der Waals surface area contributed by atoms with Crippen LogP contribution in [0.5, 0.6) is 0 Å². The maximum absolute atomic E-state index is 12.2. The van der Waals surface area contributed by atoms with Crippen LogP contribution in [0.4, 0.5) is 0 Å². The average molecular weight is 264 g/mol. The molecule has 1 atom stereocenters. The number of aromatic nitrogens is 5. The van der Waals surface area contributed by atoms with Gasteiger partial charge >= 0.3 is 0 Å². The number of piperidine rings is 1. The minimum atomic E-state index is 0.00909. The fraction of sp³-hybridized carbons (Fsp3) is 0.500. The maximum Gasteiger partial charge on any atom is 0.267 e. The van der Waals surface area contributed by atoms with E-state index in [-0.39, 0.29) is 11.9 Å². The Balaban J connectivity index is 1.73. The normalized spacial score (nSPS) is 20.0. The molecule has 1 aliphatic rings. The molecule has 0 aliphatic carbocycles. The van der Waals surface area contributed by atoms with E-state index in [4.69, 9.17) is 0 Å². The van der Waals surface area contributed by atoms with Gasteiger partial charge in [-0.1, -0.05) is 4.49 Å². The van der Waals surface area contributed by atoms with E-state index in [0.29, 0.717) is 11.4 Å². The topological polar surface area (TPSA) is 76.8 Å². The summed E-state index contributed by atoms with van der Waals surface area (Å²) in [6.45, 7) is 1.45. The van der Waals surface area contributed by atoms with Gasteiger partial charge in [0.15, 0.2) is 0 Å². The summed E-state index contributed by atoms with van der Waals surface area (Å²) in [5, 5.41) is 7.84. The van der Waals surface area contributed by atoms with E-state index in [9.17, 15) is 4.79 Å². The van der Waals surface area contributed by atoms with E-state index in [1.54, 1.807) is 6.33 Å². The molecule has 0 bridgehead atoms. The molecular formula is C10H12N6OS. The fourth-order valence-electron chi connectivity index (χ4n) is 2.18. The molecule has 94 valence electrons. The Labute approximate surface area is 108 Å². The quantitative estimate of drug-likeness (QED) is 0.794. The van der Waals surface area contributed by atoms with Crippen molar-refractivity contribution in [1.29, 1.82) is 0 Å². The number of amides is 1. The van der Waals surface area contributed by atoms with Crippen molar-refractivity contribution in [2.24, 2.45) is 0 Å². The molecule has 0 N–H and O–H groups in total. The van der Waals surface area contributed by atoms with E-state index in [1.807, 2.05) is 9.58 Å². The lowest BCUT2D eigenvalue weighted by atomic mass is 10.1. The number of likely N-dealkylation sites (tertiary alicyclic amines) is 1. The molecule has 8 heteroatoms. The first kappa shape index (κ1) is 11.3. The third-order valence-corrected chi connectivity index (χ3v) is 3.72. The van der Waals surface area contributed by atoms with Gasteiger partial charge in [0.1, 0.15) is 17.5 Å². The zero-order chi connectivity index (χ0) is 12.4. The SMILES string of the molecule is O=C(c1cnns1)N1CCC[C@@H](n2cncn2)C1. The third-order valence-electron chi connectivity index (χ3n) is 3.07. The molecule has 2 aromatic heterocycles. The summed E-state index contributed by atoms with van der Waals surface area (Å²) in [6, 6.07) is 0.214. The molecule has 3 heterocycles. The Hall–Kier alpha value is -1.83. The van der Waals surface area contributed by atoms with Crippen LogP contribution in [0.25, 0.3) is 0 Å². The number of hydrogen-bond acceptors (Lipinski definition) is 6. The Kier molecular flexibility index (Phi) is 3.01. The van der Waals surface area contributed by atoms with Gasteiger partial charge in [0, 0.05) is 13.1 Å². The summed E-state index contributed by atoms with van der Waals surface area (Å²) in [6.07, 6.45) is 6.74. The van der Waals surface area contributed by atoms with Gasteiger partial charge in [0.05, 0.1) is 12.2 Å². The first-order valence-corrected chi connectivity index (χ1v) is 6.52. The predicted octanol–water partition coefficient (Wildman–Crippen LogP) is 0.607. The van der Waals surface area contributed by atoms with Crippen molar-refractivity contribution in [2.75, 3.05) is 13.1 Å². The number of carbonyl (C=O) groups excluding carboxylic acids is 1. The monoisotopic (exact) mass is 264 g/mol. The lowest BCUT2D eigenvalue weighted by molar-refractivity contribution is 0.0677. The van der Waals surface area contributed by atoms with Crippen LogP contribution in [0.2, 0.25) is 0 Å². The third kappa shape index (κ3) is 2.10. The van der Waals surface area contributed by atoms with Crippen molar-refractivity contribution in [3.8, 4) is 0 Å². The van der Waals surface area contributed by atoms with Gasteiger partial charge < -0.3 is 4.90 Å². The highest BCUT2D eigenvalue weighted by Gasteiger charge is 2.26. The van der Waals surface area contributed by atoms with E-state index in [2.05, 4.69) is 19.7 Å². The molecule has 2 aromatic rings. The second-order valence-corrected chi connectivity index (χ2v) is 4.99. The zero-order valence-corrected chi connectivity index (χ0v) is 10.5. The largest absolute Gasteiger partial charge is 0.336 e. The molecule has 0 spiro atoms. The summed E-state index contributed by atoms with van der Waals surface area (Å²) < 4.78 is 5.55. The smallest absolute Gasteiger partial charge is 0.267 e. The molecular weight excluding hydrogens is 252 g/mol. The van der Waals surface area contributed by atoms with Crippen LogP contribution in [0, 0.1) is 0 Å². The first-order valence-electron chi connectivity index (χ1n) is 5.75. The molecule has 7 nitrogen and oxygen atoms in total. The highest BCUT2D eigenvalue weighted by molar-refractivity contribution is 7.07. The standard InChI is InChI=1S/C10H12N6OS/c17-10(9-4-12-14-18-9)15-3-1-2-8(5-15)16-7-11-6-13-16/h4,6-8H,1-3,5H2/t8-/m1/s1. The summed E-state index contributed by atoms with van der Waals surface area (Å²) >= 11 is 1.14. The van der Waals surface area contributed by atoms with Crippen molar-refractivity contribution >= 4 is 17.4 Å². The summed E-state index contributed by atoms with van der Waals surface area (Å²) in [4.78, 5) is 18.6. The van der Waals surface area contributed by atoms with Crippen LogP contribution < -0.4 is 0 Å². The highest BCUT2D eigenvalue weighted by Crippen LogP contribution is 2.22. The number of rotatable bonds is 2. The van der Waals surface area contributed by atoms with Gasteiger partial charge in [0.2, 0.25) is 0 Å². The maximum atomic E-state index is 12.2. The molecule has 0 saturated carbocycles. The van der Waals surface area contributed by atoms with Crippen molar-refractivity contribution in [3.05, 3.63) is 23.7 Å². The van der Waals surface area contributed by atoms with Crippen LogP contribution in [-0.4, -0.2) is 48.2 Å². The van der Waals surface area contributed by atoms with Gasteiger partial charge in [0.25, 0.3) is 5.91 Å². The lowest BCUT2D eigenvalue weighted by Crippen LogP contribution is -2.40. The zero-order valence-electron chi connectivity index (χ0n) is 9.64. The second kappa shape index (κ2) is 4.81. The highest BCUT2D eigenvalue weighted by atomic mass is 32.1. The summed E-state index contributed by atoms with van der Waals surface area (Å²) in [7, 11) is 0. The Morgan fingerprint density at radius 3 is 3.17 bits per heavy atom. The Morgan fingerprint density at radius 2 is 2.44 bits per heavy atom. The minimum absolute atomic E-state index is 0.00909. The summed E-state index contributed by atoms with van der Waals surface area (Å²) in [5.41, 5.74) is 0. The Morgan fingerprint density at radius 1 is 1.50 bits per heavy atom. The van der Waals surface area contributed by atoms with Crippen molar-refractivity contribution in [2.45, 2.75) is 18.9 Å². The predicted molar refractivity (Wildman–Crippen MR) is 64.1 cm³/mol. The van der Waals surface area contributed by atoms with Crippen molar-refractivity contribution in [1.82, 2.24) is 29.3 Å². The number of hydrogen-bond donors (Lipinski definition) is 0. The molecule has 1 aliphatic heterocycles. The van der Waals surface area contributed by atoms with Gasteiger partial charge in [-0.15, -0.1) is 5.10 Å². The first-order chi connectivity index (χ1) is 8.84. The van der Waals surface area contributed by atoms with E-state index < -0.39 is 0 Å². The molecule has 0 unspecified atom stereocenters. The Bertz CT molecular complexity index is 510. The second-order valence-electron chi connectivity index (χ2n) is 4.20. The molecule has 0 radical (unpaired) electrons. The summed E-state index contributed by atoms with van der Waals surface area (Å²) in [5.74, 6) is 0.00909. The van der Waals surface area contributed by atoms with E-state index in [1.165, 1.54) is 12.5 Å². The van der Waals surface area contributed by atoms with Gasteiger partial charge in [-0.3, -0.25) is 4.79 Å². The molecule has 3 rings (SSSR count). The minimum Gasteiger partial charge on any atom is -0.336 e. The van der Waals surface area contributed by atoms with E-state index >= 15 is 0 Å². The van der Waals surface area contributed by atoms with Crippen LogP contribution >= 0.6 is 11.5 Å². The van der Waals surface area contributed by atoms with Gasteiger partial charge in [-0.25, -0.2) is 9.67 Å². The number of nitrogens with zero attached hydrogens (tertiary/aromatic N) is 6. The van der Waals surface area contributed by atoms with Crippen LogP contribution in [-0.2, 0) is 0 Å². The number of carbonyl (C=O) groups is 1. The molecule has 0 aromatic carbocycles. The van der Waals surface area contributed by atoms with Crippen molar-refractivity contribution in [3.63, 3.8) is 0 Å².